The second-order valence-corrected chi connectivity index (χ2v) is 8.48. The van der Waals surface area contributed by atoms with E-state index in [1.807, 2.05) is 56.3 Å². The number of ether oxygens (including phenoxy) is 2. The number of hydrogen-bond acceptors (Lipinski definition) is 6. The van der Waals surface area contributed by atoms with Gasteiger partial charge in [0, 0.05) is 47.8 Å². The minimum atomic E-state index is -0.164. The van der Waals surface area contributed by atoms with Crippen LogP contribution in [0.1, 0.15) is 40.2 Å². The van der Waals surface area contributed by atoms with Crippen LogP contribution in [0.5, 0.6) is 5.75 Å². The molecule has 0 aliphatic carbocycles. The zero-order valence-electron chi connectivity index (χ0n) is 19.4. The molecule has 1 aliphatic rings. The number of rotatable bonds is 7. The molecule has 1 aromatic heterocycles. The summed E-state index contributed by atoms with van der Waals surface area (Å²) in [5, 5.41) is 6.36. The average molecular weight is 447 g/mol. The zero-order chi connectivity index (χ0) is 23.3. The van der Waals surface area contributed by atoms with E-state index in [-0.39, 0.29) is 11.3 Å². The molecule has 0 saturated carbocycles. The van der Waals surface area contributed by atoms with Crippen molar-refractivity contribution in [3.05, 3.63) is 77.1 Å². The monoisotopic (exact) mass is 446 g/mol. The van der Waals surface area contributed by atoms with Crippen LogP contribution in [0, 0.1) is 13.8 Å². The van der Waals surface area contributed by atoms with Crippen molar-refractivity contribution in [1.82, 2.24) is 15.3 Å². The van der Waals surface area contributed by atoms with Crippen LogP contribution in [0.2, 0.25) is 0 Å². The maximum Gasteiger partial charge on any atom is 0.251 e. The molecule has 1 aliphatic heterocycles. The molecule has 7 nitrogen and oxygen atoms in total. The molecule has 0 atom stereocenters. The van der Waals surface area contributed by atoms with E-state index in [0.717, 1.165) is 35.7 Å². The summed E-state index contributed by atoms with van der Waals surface area (Å²) in [6.45, 7) is 5.76. The Hall–Kier alpha value is -3.45. The maximum absolute atomic E-state index is 13.1. The number of nitrogens with zero attached hydrogens (tertiary/aromatic N) is 2. The van der Waals surface area contributed by atoms with E-state index in [1.54, 1.807) is 7.11 Å². The van der Waals surface area contributed by atoms with Crippen molar-refractivity contribution in [1.29, 1.82) is 0 Å². The molecule has 1 fully saturated rings. The molecule has 172 valence electrons. The van der Waals surface area contributed by atoms with Gasteiger partial charge in [0.15, 0.2) is 0 Å². The summed E-state index contributed by atoms with van der Waals surface area (Å²) in [5.41, 5.74) is 4.15. The molecule has 0 unspecified atom stereocenters. The van der Waals surface area contributed by atoms with Crippen LogP contribution >= 0.6 is 0 Å². The molecular formula is C26H30N4O3. The number of carbonyl (C=O) groups excluding carboxylic acids is 1. The number of methoxy groups -OCH3 is 1. The Morgan fingerprint density at radius 1 is 1.03 bits per heavy atom. The fraction of sp³-hybridized carbons (Fsp3) is 0.346. The first-order valence-corrected chi connectivity index (χ1v) is 11.2. The summed E-state index contributed by atoms with van der Waals surface area (Å²) in [6, 6.07) is 17.4. The molecule has 4 rings (SSSR count). The van der Waals surface area contributed by atoms with Gasteiger partial charge in [-0.2, -0.15) is 0 Å². The van der Waals surface area contributed by atoms with Crippen molar-refractivity contribution < 1.29 is 14.3 Å². The summed E-state index contributed by atoms with van der Waals surface area (Å²) in [6.07, 6.45) is 1.70. The number of nitrogens with one attached hydrogen (secondary N) is 2. The lowest BCUT2D eigenvalue weighted by Gasteiger charge is -2.38. The lowest BCUT2D eigenvalue weighted by Crippen LogP contribution is -2.44. The molecule has 0 radical (unpaired) electrons. The molecule has 0 bridgehead atoms. The molecule has 3 aromatic rings. The van der Waals surface area contributed by atoms with Crippen LogP contribution in [0.4, 0.5) is 11.6 Å². The average Bonchev–Trinajstić information content (AvgIpc) is 2.83. The Balaban J connectivity index is 1.48. The molecular weight excluding hydrogens is 416 g/mol. The van der Waals surface area contributed by atoms with Crippen molar-refractivity contribution in [2.45, 2.75) is 32.1 Å². The SMILES string of the molecule is COc1ccc(C2(CNC(=O)c3cccc(Nc4nc(C)cc(C)n4)c3)CCOCC2)cc1. The maximum atomic E-state index is 13.1. The fourth-order valence-corrected chi connectivity index (χ4v) is 4.27. The molecule has 2 aromatic carbocycles. The van der Waals surface area contributed by atoms with Crippen molar-refractivity contribution >= 4 is 17.5 Å². The molecule has 1 amide bonds. The molecule has 2 N–H and O–H groups in total. The Kier molecular flexibility index (Phi) is 6.89. The van der Waals surface area contributed by atoms with Crippen LogP contribution in [-0.4, -0.2) is 42.7 Å². The third kappa shape index (κ3) is 5.49. The van der Waals surface area contributed by atoms with Crippen LogP contribution in [-0.2, 0) is 10.2 Å². The quantitative estimate of drug-likeness (QED) is 0.562. The minimum absolute atomic E-state index is 0.112. The number of anilines is 2. The lowest BCUT2D eigenvalue weighted by molar-refractivity contribution is 0.0487. The van der Waals surface area contributed by atoms with E-state index in [2.05, 4.69) is 32.7 Å². The van der Waals surface area contributed by atoms with Gasteiger partial charge in [0.1, 0.15) is 5.75 Å². The molecule has 1 saturated heterocycles. The first-order chi connectivity index (χ1) is 16.0. The van der Waals surface area contributed by atoms with E-state index < -0.39 is 0 Å². The normalized spacial score (nSPS) is 15.0. The first kappa shape index (κ1) is 22.7. The largest absolute Gasteiger partial charge is 0.497 e. The third-order valence-corrected chi connectivity index (χ3v) is 6.10. The molecule has 33 heavy (non-hydrogen) atoms. The highest BCUT2D eigenvalue weighted by Gasteiger charge is 2.35. The van der Waals surface area contributed by atoms with E-state index in [4.69, 9.17) is 9.47 Å². The highest BCUT2D eigenvalue weighted by molar-refractivity contribution is 5.95. The third-order valence-electron chi connectivity index (χ3n) is 6.10. The summed E-state index contributed by atoms with van der Waals surface area (Å²) in [5.74, 6) is 1.23. The van der Waals surface area contributed by atoms with Gasteiger partial charge in [0.25, 0.3) is 5.91 Å². The highest BCUT2D eigenvalue weighted by Crippen LogP contribution is 2.35. The van der Waals surface area contributed by atoms with Crippen LogP contribution in [0.15, 0.2) is 54.6 Å². The zero-order valence-corrected chi connectivity index (χ0v) is 19.4. The second-order valence-electron chi connectivity index (χ2n) is 8.48. The summed E-state index contributed by atoms with van der Waals surface area (Å²) < 4.78 is 10.9. The number of carbonyl (C=O) groups is 1. The summed E-state index contributed by atoms with van der Waals surface area (Å²) in [7, 11) is 1.66. The Morgan fingerprint density at radius 2 is 1.73 bits per heavy atom. The van der Waals surface area contributed by atoms with Gasteiger partial charge in [-0.15, -0.1) is 0 Å². The summed E-state index contributed by atoms with van der Waals surface area (Å²) in [4.78, 5) is 21.9. The van der Waals surface area contributed by atoms with Crippen molar-refractivity contribution in [3.63, 3.8) is 0 Å². The predicted octanol–water partition coefficient (Wildman–Crippen LogP) is 4.32. The minimum Gasteiger partial charge on any atom is -0.497 e. The number of amides is 1. The van der Waals surface area contributed by atoms with E-state index in [1.165, 1.54) is 5.56 Å². The highest BCUT2D eigenvalue weighted by atomic mass is 16.5. The Labute approximate surface area is 194 Å². The van der Waals surface area contributed by atoms with Crippen LogP contribution in [0.25, 0.3) is 0 Å². The van der Waals surface area contributed by atoms with Crippen molar-refractivity contribution in [2.75, 3.05) is 32.2 Å². The van der Waals surface area contributed by atoms with Gasteiger partial charge >= 0.3 is 0 Å². The van der Waals surface area contributed by atoms with Gasteiger partial charge in [-0.25, -0.2) is 9.97 Å². The lowest BCUT2D eigenvalue weighted by atomic mass is 9.74. The molecule has 0 spiro atoms. The van der Waals surface area contributed by atoms with Gasteiger partial charge < -0.3 is 20.1 Å². The number of benzene rings is 2. The van der Waals surface area contributed by atoms with Gasteiger partial charge in [0.2, 0.25) is 5.95 Å². The van der Waals surface area contributed by atoms with E-state index in [0.29, 0.717) is 31.3 Å². The smallest absolute Gasteiger partial charge is 0.251 e. The number of aromatic nitrogens is 2. The number of hydrogen-bond donors (Lipinski definition) is 2. The van der Waals surface area contributed by atoms with Gasteiger partial charge in [-0.05, 0) is 68.7 Å². The van der Waals surface area contributed by atoms with Gasteiger partial charge in [-0.1, -0.05) is 18.2 Å². The van der Waals surface area contributed by atoms with Crippen molar-refractivity contribution in [3.8, 4) is 5.75 Å². The van der Waals surface area contributed by atoms with Gasteiger partial charge in [0.05, 0.1) is 7.11 Å². The second kappa shape index (κ2) is 10.0. The first-order valence-electron chi connectivity index (χ1n) is 11.2. The topological polar surface area (TPSA) is 85.4 Å². The Bertz CT molecular complexity index is 1090. The fourth-order valence-electron chi connectivity index (χ4n) is 4.27. The standard InChI is InChI=1S/C26H30N4O3/c1-18-15-19(2)29-25(28-18)30-22-6-4-5-20(16-22)24(31)27-17-26(11-13-33-14-12-26)21-7-9-23(32-3)10-8-21/h4-10,15-16H,11-14,17H2,1-3H3,(H,27,31)(H,28,29,30). The molecule has 7 heteroatoms. The van der Waals surface area contributed by atoms with Gasteiger partial charge in [-0.3, -0.25) is 4.79 Å². The molecule has 2 heterocycles. The predicted molar refractivity (Wildman–Crippen MR) is 128 cm³/mol. The number of aryl methyl sites for hydroxylation is 2. The van der Waals surface area contributed by atoms with E-state index in [9.17, 15) is 4.79 Å². The summed E-state index contributed by atoms with van der Waals surface area (Å²) >= 11 is 0. The van der Waals surface area contributed by atoms with E-state index >= 15 is 0 Å². The van der Waals surface area contributed by atoms with Crippen molar-refractivity contribution in [2.24, 2.45) is 0 Å². The van der Waals surface area contributed by atoms with Crippen LogP contribution < -0.4 is 15.4 Å². The van der Waals surface area contributed by atoms with Crippen LogP contribution in [0.3, 0.4) is 0 Å². The Morgan fingerprint density at radius 3 is 2.39 bits per heavy atom.